The highest BCUT2D eigenvalue weighted by Gasteiger charge is 2.22. The number of rotatable bonds is 7. The van der Waals surface area contributed by atoms with Crippen molar-refractivity contribution in [3.05, 3.63) is 96.2 Å². The molecule has 2 heterocycles. The van der Waals surface area contributed by atoms with E-state index in [1.54, 1.807) is 0 Å². The Morgan fingerprint density at radius 3 is 1.87 bits per heavy atom. The summed E-state index contributed by atoms with van der Waals surface area (Å²) in [6.45, 7) is 5.23. The van der Waals surface area contributed by atoms with E-state index in [-0.39, 0.29) is 5.91 Å². The molecular weight excluding hydrogens is 372 g/mol. The molecule has 1 fully saturated rings. The lowest BCUT2D eigenvalue weighted by Gasteiger charge is -2.36. The number of aromatic nitrogens is 1. The molecule has 0 radical (unpaired) electrons. The number of piperazine rings is 1. The van der Waals surface area contributed by atoms with E-state index in [2.05, 4.69) is 39.0 Å². The summed E-state index contributed by atoms with van der Waals surface area (Å²) in [5, 5.41) is 0. The lowest BCUT2D eigenvalue weighted by atomic mass is 10.1. The quantitative estimate of drug-likeness (QED) is 0.609. The van der Waals surface area contributed by atoms with Gasteiger partial charge < -0.3 is 9.80 Å². The third kappa shape index (κ3) is 5.45. The number of hydrogen-bond acceptors (Lipinski definition) is 4. The van der Waals surface area contributed by atoms with Crippen molar-refractivity contribution in [3.63, 3.8) is 0 Å². The van der Waals surface area contributed by atoms with Crippen LogP contribution in [0.3, 0.4) is 0 Å². The molecule has 0 aliphatic carbocycles. The molecule has 0 saturated carbocycles. The van der Waals surface area contributed by atoms with Crippen LogP contribution in [0.1, 0.15) is 11.1 Å². The summed E-state index contributed by atoms with van der Waals surface area (Å²) in [5.41, 5.74) is 2.31. The normalized spacial score (nSPS) is 14.5. The first-order valence-electron chi connectivity index (χ1n) is 10.5. The number of carbonyl (C=O) groups is 1. The SMILES string of the molecule is O=C(CN1CCN(c2ccccn2)CC1)N(Cc1ccccc1)Cc1ccccc1. The van der Waals surface area contributed by atoms with Crippen molar-refractivity contribution in [1.29, 1.82) is 0 Å². The molecular formula is C25H28N4O. The first kappa shape index (κ1) is 20.1. The third-order valence-corrected chi connectivity index (χ3v) is 5.49. The molecule has 0 unspecified atom stereocenters. The maximum Gasteiger partial charge on any atom is 0.237 e. The molecule has 1 aliphatic rings. The van der Waals surface area contributed by atoms with Gasteiger partial charge in [0, 0.05) is 45.5 Å². The van der Waals surface area contributed by atoms with E-state index in [0.717, 1.165) is 43.1 Å². The smallest absolute Gasteiger partial charge is 0.237 e. The highest BCUT2D eigenvalue weighted by Crippen LogP contribution is 2.14. The molecule has 0 atom stereocenters. The molecule has 2 aromatic carbocycles. The zero-order chi connectivity index (χ0) is 20.6. The molecule has 154 valence electrons. The fraction of sp³-hybridized carbons (Fsp3) is 0.280. The first-order valence-corrected chi connectivity index (χ1v) is 10.5. The van der Waals surface area contributed by atoms with Gasteiger partial charge in [-0.25, -0.2) is 4.98 Å². The van der Waals surface area contributed by atoms with Crippen LogP contribution in [-0.2, 0) is 17.9 Å². The van der Waals surface area contributed by atoms with Gasteiger partial charge in [-0.2, -0.15) is 0 Å². The zero-order valence-corrected chi connectivity index (χ0v) is 17.2. The fourth-order valence-electron chi connectivity index (χ4n) is 3.81. The fourth-order valence-corrected chi connectivity index (χ4v) is 3.81. The van der Waals surface area contributed by atoms with Gasteiger partial charge in [-0.3, -0.25) is 9.69 Å². The van der Waals surface area contributed by atoms with E-state index in [0.29, 0.717) is 19.6 Å². The van der Waals surface area contributed by atoms with E-state index in [9.17, 15) is 4.79 Å². The van der Waals surface area contributed by atoms with Crippen LogP contribution in [0.4, 0.5) is 5.82 Å². The Morgan fingerprint density at radius 2 is 1.33 bits per heavy atom. The van der Waals surface area contributed by atoms with Gasteiger partial charge in [0.25, 0.3) is 0 Å². The Balaban J connectivity index is 1.38. The minimum Gasteiger partial charge on any atom is -0.354 e. The lowest BCUT2D eigenvalue weighted by molar-refractivity contribution is -0.133. The Hall–Kier alpha value is -3.18. The number of carbonyl (C=O) groups excluding carboxylic acids is 1. The van der Waals surface area contributed by atoms with E-state index >= 15 is 0 Å². The second kappa shape index (κ2) is 10.0. The van der Waals surface area contributed by atoms with Crippen LogP contribution in [0.5, 0.6) is 0 Å². The summed E-state index contributed by atoms with van der Waals surface area (Å²) in [6.07, 6.45) is 1.83. The molecule has 1 amide bonds. The standard InChI is InChI=1S/C25H28N4O/c30-25(21-27-15-17-28(18-16-27)24-13-7-8-14-26-24)29(19-22-9-3-1-4-10-22)20-23-11-5-2-6-12-23/h1-14H,15-21H2. The summed E-state index contributed by atoms with van der Waals surface area (Å²) in [5.74, 6) is 1.19. The summed E-state index contributed by atoms with van der Waals surface area (Å²) in [6, 6.07) is 26.4. The molecule has 0 spiro atoms. The van der Waals surface area contributed by atoms with E-state index in [1.165, 1.54) is 0 Å². The van der Waals surface area contributed by atoms with Gasteiger partial charge in [0.05, 0.1) is 6.54 Å². The summed E-state index contributed by atoms with van der Waals surface area (Å²) in [7, 11) is 0. The van der Waals surface area contributed by atoms with Gasteiger partial charge in [-0.05, 0) is 23.3 Å². The monoisotopic (exact) mass is 400 g/mol. The molecule has 0 bridgehead atoms. The molecule has 1 aromatic heterocycles. The average molecular weight is 401 g/mol. The largest absolute Gasteiger partial charge is 0.354 e. The average Bonchev–Trinajstić information content (AvgIpc) is 2.81. The van der Waals surface area contributed by atoms with Crippen LogP contribution >= 0.6 is 0 Å². The van der Waals surface area contributed by atoms with Crippen molar-refractivity contribution in [3.8, 4) is 0 Å². The Bertz CT molecular complexity index is 868. The van der Waals surface area contributed by atoms with Gasteiger partial charge in [0.15, 0.2) is 0 Å². The maximum absolute atomic E-state index is 13.2. The van der Waals surface area contributed by atoms with Gasteiger partial charge in [0.2, 0.25) is 5.91 Å². The van der Waals surface area contributed by atoms with Crippen LogP contribution in [0.15, 0.2) is 85.1 Å². The van der Waals surface area contributed by atoms with Crippen LogP contribution in [-0.4, -0.2) is 53.4 Å². The maximum atomic E-state index is 13.2. The van der Waals surface area contributed by atoms with Crippen LogP contribution in [0, 0.1) is 0 Å². The number of pyridine rings is 1. The number of nitrogens with zero attached hydrogens (tertiary/aromatic N) is 4. The van der Waals surface area contributed by atoms with Crippen molar-refractivity contribution in [2.75, 3.05) is 37.6 Å². The highest BCUT2D eigenvalue weighted by molar-refractivity contribution is 5.78. The Labute approximate surface area is 178 Å². The minimum atomic E-state index is 0.175. The zero-order valence-electron chi connectivity index (χ0n) is 17.2. The minimum absolute atomic E-state index is 0.175. The molecule has 30 heavy (non-hydrogen) atoms. The predicted octanol–water partition coefficient (Wildman–Crippen LogP) is 3.43. The highest BCUT2D eigenvalue weighted by atomic mass is 16.2. The Morgan fingerprint density at radius 1 is 0.767 bits per heavy atom. The molecule has 5 heteroatoms. The first-order chi connectivity index (χ1) is 14.8. The van der Waals surface area contributed by atoms with Crippen molar-refractivity contribution >= 4 is 11.7 Å². The number of hydrogen-bond donors (Lipinski definition) is 0. The van der Waals surface area contributed by atoms with Crippen LogP contribution < -0.4 is 4.90 Å². The van der Waals surface area contributed by atoms with E-state index < -0.39 is 0 Å². The van der Waals surface area contributed by atoms with Crippen molar-refractivity contribution in [2.24, 2.45) is 0 Å². The number of benzene rings is 2. The lowest BCUT2D eigenvalue weighted by Crippen LogP contribution is -2.50. The van der Waals surface area contributed by atoms with Crippen LogP contribution in [0.2, 0.25) is 0 Å². The van der Waals surface area contributed by atoms with Crippen LogP contribution in [0.25, 0.3) is 0 Å². The molecule has 1 saturated heterocycles. The topological polar surface area (TPSA) is 39.7 Å². The Kier molecular flexibility index (Phi) is 6.72. The van der Waals surface area contributed by atoms with Gasteiger partial charge in [-0.1, -0.05) is 66.7 Å². The summed E-state index contributed by atoms with van der Waals surface area (Å²) >= 11 is 0. The summed E-state index contributed by atoms with van der Waals surface area (Å²) < 4.78 is 0. The second-order valence-electron chi connectivity index (χ2n) is 7.67. The molecule has 3 aromatic rings. The third-order valence-electron chi connectivity index (χ3n) is 5.49. The van der Waals surface area contributed by atoms with Gasteiger partial charge in [-0.15, -0.1) is 0 Å². The predicted molar refractivity (Wildman–Crippen MR) is 120 cm³/mol. The van der Waals surface area contributed by atoms with Gasteiger partial charge >= 0.3 is 0 Å². The molecule has 4 rings (SSSR count). The molecule has 5 nitrogen and oxygen atoms in total. The molecule has 0 N–H and O–H groups in total. The van der Waals surface area contributed by atoms with E-state index in [4.69, 9.17) is 0 Å². The van der Waals surface area contributed by atoms with E-state index in [1.807, 2.05) is 65.7 Å². The van der Waals surface area contributed by atoms with Crippen molar-refractivity contribution in [1.82, 2.24) is 14.8 Å². The van der Waals surface area contributed by atoms with Gasteiger partial charge in [0.1, 0.15) is 5.82 Å². The second-order valence-corrected chi connectivity index (χ2v) is 7.67. The molecule has 1 aliphatic heterocycles. The number of anilines is 1. The van der Waals surface area contributed by atoms with Crippen molar-refractivity contribution < 1.29 is 4.79 Å². The number of amides is 1. The van der Waals surface area contributed by atoms with Crippen molar-refractivity contribution in [2.45, 2.75) is 13.1 Å². The summed E-state index contributed by atoms with van der Waals surface area (Å²) in [4.78, 5) is 24.2.